The lowest BCUT2D eigenvalue weighted by Gasteiger charge is -2.14. The molecule has 1 aliphatic rings. The van der Waals surface area contributed by atoms with Gasteiger partial charge in [-0.05, 0) is 23.8 Å². The minimum atomic E-state index is -0.258. The van der Waals surface area contributed by atoms with Crippen LogP contribution >= 0.6 is 11.6 Å². The van der Waals surface area contributed by atoms with Gasteiger partial charge in [-0.25, -0.2) is 20.4 Å². The van der Waals surface area contributed by atoms with Crippen LogP contribution in [0, 0.1) is 0 Å². The molecule has 5 nitrogen and oxygen atoms in total. The first kappa shape index (κ1) is 12.1. The Morgan fingerprint density at radius 2 is 2.16 bits per heavy atom. The number of aromatic nitrogens is 2. The van der Waals surface area contributed by atoms with Crippen molar-refractivity contribution in [1.82, 2.24) is 15.4 Å². The van der Waals surface area contributed by atoms with Crippen LogP contribution in [0.1, 0.15) is 11.5 Å². The van der Waals surface area contributed by atoms with E-state index in [1.807, 2.05) is 18.2 Å². The second kappa shape index (κ2) is 4.95. The van der Waals surface area contributed by atoms with Gasteiger partial charge in [-0.3, -0.25) is 4.79 Å². The molecule has 96 valence electrons. The van der Waals surface area contributed by atoms with Gasteiger partial charge in [-0.15, -0.1) is 0 Å². The molecule has 0 saturated carbocycles. The van der Waals surface area contributed by atoms with E-state index in [1.165, 1.54) is 5.01 Å². The fourth-order valence-electron chi connectivity index (χ4n) is 2.04. The Morgan fingerprint density at radius 1 is 1.26 bits per heavy atom. The number of hydrazine groups is 1. The maximum absolute atomic E-state index is 12.4. The molecule has 1 aliphatic heterocycles. The molecule has 0 radical (unpaired) electrons. The van der Waals surface area contributed by atoms with Gasteiger partial charge in [0, 0.05) is 18.9 Å². The summed E-state index contributed by atoms with van der Waals surface area (Å²) in [6, 6.07) is 8.95. The number of amides is 1. The molecule has 2 aromatic heterocycles. The van der Waals surface area contributed by atoms with E-state index in [1.54, 1.807) is 24.5 Å². The van der Waals surface area contributed by atoms with Gasteiger partial charge >= 0.3 is 0 Å². The number of rotatable bonds is 2. The molecule has 1 N–H and O–H groups in total. The zero-order valence-electron chi connectivity index (χ0n) is 9.95. The van der Waals surface area contributed by atoms with Crippen molar-refractivity contribution >= 4 is 23.3 Å². The standard InChI is InChI=1S/C13H11ClN4O/c14-11-5-4-9(7-16-11)10-8-17-18(13(10)19)12-3-1-2-6-15-12/h1-7,10,17H,8H2. The van der Waals surface area contributed by atoms with E-state index in [2.05, 4.69) is 15.4 Å². The molecular weight excluding hydrogens is 264 g/mol. The molecule has 1 fully saturated rings. The first-order chi connectivity index (χ1) is 9.25. The normalized spacial score (nSPS) is 18.9. The minimum Gasteiger partial charge on any atom is -0.272 e. The van der Waals surface area contributed by atoms with Gasteiger partial charge in [-0.1, -0.05) is 23.7 Å². The van der Waals surface area contributed by atoms with Gasteiger partial charge in [0.05, 0.1) is 5.92 Å². The molecule has 1 unspecified atom stereocenters. The number of hydrogen-bond acceptors (Lipinski definition) is 4. The first-order valence-corrected chi connectivity index (χ1v) is 6.23. The number of pyridine rings is 2. The number of hydrogen-bond donors (Lipinski definition) is 1. The van der Waals surface area contributed by atoms with Gasteiger partial charge in [0.1, 0.15) is 11.0 Å². The summed E-state index contributed by atoms with van der Waals surface area (Å²) in [5.74, 6) is 0.298. The zero-order chi connectivity index (χ0) is 13.2. The third-order valence-electron chi connectivity index (χ3n) is 3.00. The Bertz CT molecular complexity index is 587. The van der Waals surface area contributed by atoms with E-state index in [-0.39, 0.29) is 11.8 Å². The summed E-state index contributed by atoms with van der Waals surface area (Å²) in [6.07, 6.45) is 3.29. The fourth-order valence-corrected chi connectivity index (χ4v) is 2.15. The molecule has 0 spiro atoms. The predicted octanol–water partition coefficient (Wildman–Crippen LogP) is 1.76. The van der Waals surface area contributed by atoms with Gasteiger partial charge in [0.25, 0.3) is 5.91 Å². The van der Waals surface area contributed by atoms with Gasteiger partial charge in [0.2, 0.25) is 0 Å². The van der Waals surface area contributed by atoms with E-state index in [0.717, 1.165) is 5.56 Å². The monoisotopic (exact) mass is 274 g/mol. The molecule has 1 atom stereocenters. The van der Waals surface area contributed by atoms with Crippen molar-refractivity contribution in [1.29, 1.82) is 0 Å². The SMILES string of the molecule is O=C1C(c2ccc(Cl)nc2)CNN1c1ccccn1. The van der Waals surface area contributed by atoms with Crippen molar-refractivity contribution in [3.05, 3.63) is 53.4 Å². The maximum Gasteiger partial charge on any atom is 0.251 e. The number of anilines is 1. The third-order valence-corrected chi connectivity index (χ3v) is 3.23. The van der Waals surface area contributed by atoms with Crippen molar-refractivity contribution in [2.45, 2.75) is 5.92 Å². The summed E-state index contributed by atoms with van der Waals surface area (Å²) in [7, 11) is 0. The van der Waals surface area contributed by atoms with Crippen LogP contribution < -0.4 is 10.4 Å². The molecule has 1 amide bonds. The molecule has 0 bridgehead atoms. The van der Waals surface area contributed by atoms with Crippen molar-refractivity contribution in [3.63, 3.8) is 0 Å². The number of nitrogens with one attached hydrogen (secondary N) is 1. The predicted molar refractivity (Wildman–Crippen MR) is 71.7 cm³/mol. The summed E-state index contributed by atoms with van der Waals surface area (Å²) >= 11 is 5.75. The molecule has 3 rings (SSSR count). The molecule has 1 saturated heterocycles. The largest absolute Gasteiger partial charge is 0.272 e. The maximum atomic E-state index is 12.4. The van der Waals surface area contributed by atoms with Gasteiger partial charge in [0.15, 0.2) is 0 Å². The second-order valence-corrected chi connectivity index (χ2v) is 4.58. The molecule has 3 heterocycles. The van der Waals surface area contributed by atoms with Crippen molar-refractivity contribution in [3.8, 4) is 0 Å². The average molecular weight is 275 g/mol. The van der Waals surface area contributed by atoms with Crippen LogP contribution in [0.25, 0.3) is 0 Å². The van der Waals surface area contributed by atoms with Crippen molar-refractivity contribution in [2.24, 2.45) is 0 Å². The van der Waals surface area contributed by atoms with Gasteiger partial charge in [-0.2, -0.15) is 0 Å². The highest BCUT2D eigenvalue weighted by atomic mass is 35.5. The minimum absolute atomic E-state index is 0.0391. The molecule has 0 aromatic carbocycles. The van der Waals surface area contributed by atoms with Crippen LogP contribution in [0.4, 0.5) is 5.82 Å². The Morgan fingerprint density at radius 3 is 2.84 bits per heavy atom. The van der Waals surface area contributed by atoms with E-state index in [0.29, 0.717) is 17.5 Å². The average Bonchev–Trinajstić information content (AvgIpc) is 2.83. The first-order valence-electron chi connectivity index (χ1n) is 5.85. The van der Waals surface area contributed by atoms with Crippen molar-refractivity contribution in [2.75, 3.05) is 11.6 Å². The smallest absolute Gasteiger partial charge is 0.251 e. The molecule has 6 heteroatoms. The summed E-state index contributed by atoms with van der Waals surface area (Å²) in [6.45, 7) is 0.527. The number of nitrogens with zero attached hydrogens (tertiary/aromatic N) is 3. The Labute approximate surface area is 115 Å². The number of carbonyl (C=O) groups excluding carboxylic acids is 1. The van der Waals surface area contributed by atoms with E-state index < -0.39 is 0 Å². The summed E-state index contributed by atoms with van der Waals surface area (Å²) in [5, 5.41) is 1.89. The van der Waals surface area contributed by atoms with Crippen LogP contribution in [-0.4, -0.2) is 22.4 Å². The second-order valence-electron chi connectivity index (χ2n) is 4.19. The lowest BCUT2D eigenvalue weighted by Crippen LogP contribution is -2.35. The molecule has 0 aliphatic carbocycles. The van der Waals surface area contributed by atoms with Crippen LogP contribution in [0.2, 0.25) is 5.15 Å². The number of carbonyl (C=O) groups is 1. The Balaban J connectivity index is 1.84. The summed E-state index contributed by atoms with van der Waals surface area (Å²) in [4.78, 5) is 20.5. The summed E-state index contributed by atoms with van der Waals surface area (Å²) < 4.78 is 0. The quantitative estimate of drug-likeness (QED) is 0.848. The zero-order valence-corrected chi connectivity index (χ0v) is 10.7. The lowest BCUT2D eigenvalue weighted by atomic mass is 10.0. The molecular formula is C13H11ClN4O. The van der Waals surface area contributed by atoms with Crippen LogP contribution in [0.15, 0.2) is 42.7 Å². The molecule has 19 heavy (non-hydrogen) atoms. The van der Waals surface area contributed by atoms with Crippen LogP contribution in [0.3, 0.4) is 0 Å². The lowest BCUT2D eigenvalue weighted by molar-refractivity contribution is -0.118. The van der Waals surface area contributed by atoms with Gasteiger partial charge < -0.3 is 0 Å². The van der Waals surface area contributed by atoms with Crippen molar-refractivity contribution < 1.29 is 4.79 Å². The fraction of sp³-hybridized carbons (Fsp3) is 0.154. The highest BCUT2D eigenvalue weighted by Gasteiger charge is 2.34. The van der Waals surface area contributed by atoms with Crippen LogP contribution in [-0.2, 0) is 4.79 Å². The van der Waals surface area contributed by atoms with Crippen LogP contribution in [0.5, 0.6) is 0 Å². The summed E-state index contributed by atoms with van der Waals surface area (Å²) in [5.41, 5.74) is 3.89. The third kappa shape index (κ3) is 2.30. The number of halogens is 1. The topological polar surface area (TPSA) is 58.1 Å². The highest BCUT2D eigenvalue weighted by molar-refractivity contribution is 6.29. The highest BCUT2D eigenvalue weighted by Crippen LogP contribution is 2.24. The Hall–Kier alpha value is -1.98. The Kier molecular flexibility index (Phi) is 3.15. The van der Waals surface area contributed by atoms with E-state index >= 15 is 0 Å². The van der Waals surface area contributed by atoms with E-state index in [9.17, 15) is 4.79 Å². The van der Waals surface area contributed by atoms with E-state index in [4.69, 9.17) is 11.6 Å². The molecule has 2 aromatic rings.